The van der Waals surface area contributed by atoms with Crippen molar-refractivity contribution in [3.05, 3.63) is 65.5 Å². The van der Waals surface area contributed by atoms with E-state index >= 15 is 0 Å². The van der Waals surface area contributed by atoms with Crippen LogP contribution in [0.2, 0.25) is 0 Å². The average Bonchev–Trinajstić information content (AvgIpc) is 3.47. The zero-order chi connectivity index (χ0) is 18.6. The Morgan fingerprint density at radius 1 is 1.00 bits per heavy atom. The van der Waals surface area contributed by atoms with Gasteiger partial charge < -0.3 is 9.26 Å². The monoisotopic (exact) mass is 363 g/mol. The number of aryl methyl sites for hydroxylation is 1. The van der Waals surface area contributed by atoms with Crippen molar-refractivity contribution in [1.82, 2.24) is 15.0 Å². The third kappa shape index (κ3) is 4.37. The lowest BCUT2D eigenvalue weighted by Gasteiger charge is -2.20. The Labute approximate surface area is 160 Å². The van der Waals surface area contributed by atoms with Gasteiger partial charge in [0, 0.05) is 18.2 Å². The first kappa shape index (κ1) is 17.7. The van der Waals surface area contributed by atoms with E-state index in [0.717, 1.165) is 30.1 Å². The molecule has 0 unspecified atom stereocenters. The molecule has 140 valence electrons. The Morgan fingerprint density at radius 3 is 2.33 bits per heavy atom. The van der Waals surface area contributed by atoms with Gasteiger partial charge >= 0.3 is 0 Å². The molecule has 27 heavy (non-hydrogen) atoms. The number of aromatic nitrogens is 2. The molecule has 0 radical (unpaired) electrons. The SMILES string of the molecule is CCc1ccc(CN(Cc2noc(-c3ccc(OC)cc3)n2)C2CC2)cc1. The topological polar surface area (TPSA) is 51.4 Å². The van der Waals surface area contributed by atoms with Crippen molar-refractivity contribution in [2.45, 2.75) is 45.3 Å². The fraction of sp³-hybridized carbons (Fsp3) is 0.364. The number of ether oxygens (including phenoxy) is 1. The summed E-state index contributed by atoms with van der Waals surface area (Å²) in [6, 6.07) is 17.2. The summed E-state index contributed by atoms with van der Waals surface area (Å²) in [6.45, 7) is 3.81. The Kier molecular flexibility index (Phi) is 5.21. The second-order valence-corrected chi connectivity index (χ2v) is 7.05. The van der Waals surface area contributed by atoms with Gasteiger partial charge in [0.05, 0.1) is 13.7 Å². The van der Waals surface area contributed by atoms with Crippen LogP contribution in [-0.2, 0) is 19.5 Å². The number of nitrogens with zero attached hydrogens (tertiary/aromatic N) is 3. The van der Waals surface area contributed by atoms with Gasteiger partial charge in [-0.25, -0.2) is 0 Å². The van der Waals surface area contributed by atoms with Crippen LogP contribution in [0.3, 0.4) is 0 Å². The molecule has 3 aromatic rings. The van der Waals surface area contributed by atoms with Gasteiger partial charge in [0.25, 0.3) is 5.89 Å². The first-order valence-electron chi connectivity index (χ1n) is 9.54. The normalized spacial score (nSPS) is 13.9. The van der Waals surface area contributed by atoms with E-state index in [1.807, 2.05) is 24.3 Å². The van der Waals surface area contributed by atoms with Crippen molar-refractivity contribution >= 4 is 0 Å². The van der Waals surface area contributed by atoms with E-state index in [2.05, 4.69) is 46.2 Å². The van der Waals surface area contributed by atoms with Crippen molar-refractivity contribution in [2.24, 2.45) is 0 Å². The fourth-order valence-corrected chi connectivity index (χ4v) is 3.22. The van der Waals surface area contributed by atoms with E-state index in [4.69, 9.17) is 9.26 Å². The predicted octanol–water partition coefficient (Wildman–Crippen LogP) is 4.47. The molecule has 0 spiro atoms. The molecule has 0 atom stereocenters. The van der Waals surface area contributed by atoms with Crippen LogP contribution in [0.1, 0.15) is 36.7 Å². The maximum absolute atomic E-state index is 5.48. The summed E-state index contributed by atoms with van der Waals surface area (Å²) in [5.41, 5.74) is 3.61. The highest BCUT2D eigenvalue weighted by Crippen LogP contribution is 2.30. The van der Waals surface area contributed by atoms with Gasteiger partial charge in [0.2, 0.25) is 0 Å². The number of hydrogen-bond acceptors (Lipinski definition) is 5. The molecule has 2 aromatic carbocycles. The molecule has 1 aliphatic rings. The van der Waals surface area contributed by atoms with Gasteiger partial charge in [-0.05, 0) is 54.7 Å². The van der Waals surface area contributed by atoms with Gasteiger partial charge in [-0.1, -0.05) is 36.3 Å². The summed E-state index contributed by atoms with van der Waals surface area (Å²) < 4.78 is 10.7. The van der Waals surface area contributed by atoms with E-state index in [1.54, 1.807) is 7.11 Å². The lowest BCUT2D eigenvalue weighted by molar-refractivity contribution is 0.235. The van der Waals surface area contributed by atoms with Crippen LogP contribution in [0.25, 0.3) is 11.5 Å². The highest BCUT2D eigenvalue weighted by Gasteiger charge is 2.30. The summed E-state index contributed by atoms with van der Waals surface area (Å²) in [4.78, 5) is 7.04. The number of methoxy groups -OCH3 is 1. The Balaban J connectivity index is 1.45. The lowest BCUT2D eigenvalue weighted by atomic mass is 10.1. The standard InChI is InChI=1S/C22H25N3O2/c1-3-16-4-6-17(7-5-16)14-25(19-10-11-19)15-21-23-22(27-24-21)18-8-12-20(26-2)13-9-18/h4-9,12-13,19H,3,10-11,14-15H2,1-2H3. The molecule has 1 heterocycles. The number of rotatable bonds is 8. The molecule has 1 fully saturated rings. The summed E-state index contributed by atoms with van der Waals surface area (Å²) in [5.74, 6) is 2.10. The first-order valence-corrected chi connectivity index (χ1v) is 9.54. The third-order valence-electron chi connectivity index (χ3n) is 5.03. The second kappa shape index (κ2) is 7.92. The van der Waals surface area contributed by atoms with Crippen molar-refractivity contribution in [2.75, 3.05) is 7.11 Å². The molecular weight excluding hydrogens is 338 g/mol. The van der Waals surface area contributed by atoms with E-state index in [-0.39, 0.29) is 0 Å². The maximum atomic E-state index is 5.48. The Bertz CT molecular complexity index is 867. The molecule has 0 amide bonds. The summed E-state index contributed by atoms with van der Waals surface area (Å²) >= 11 is 0. The highest BCUT2D eigenvalue weighted by molar-refractivity contribution is 5.54. The highest BCUT2D eigenvalue weighted by atomic mass is 16.5. The molecule has 1 saturated carbocycles. The quantitative estimate of drug-likeness (QED) is 0.591. The average molecular weight is 363 g/mol. The minimum absolute atomic E-state index is 0.552. The van der Waals surface area contributed by atoms with Gasteiger partial charge in [0.1, 0.15) is 5.75 Å². The predicted molar refractivity (Wildman–Crippen MR) is 104 cm³/mol. The van der Waals surface area contributed by atoms with Gasteiger partial charge in [-0.15, -0.1) is 0 Å². The minimum Gasteiger partial charge on any atom is -0.497 e. The largest absolute Gasteiger partial charge is 0.497 e. The van der Waals surface area contributed by atoms with Crippen molar-refractivity contribution in [1.29, 1.82) is 0 Å². The van der Waals surface area contributed by atoms with Crippen molar-refractivity contribution in [3.63, 3.8) is 0 Å². The van der Waals surface area contributed by atoms with Gasteiger partial charge in [-0.2, -0.15) is 4.98 Å². The lowest BCUT2D eigenvalue weighted by Crippen LogP contribution is -2.25. The van der Waals surface area contributed by atoms with Crippen LogP contribution in [0, 0.1) is 0 Å². The smallest absolute Gasteiger partial charge is 0.257 e. The molecule has 4 rings (SSSR count). The molecule has 1 aliphatic carbocycles. The van der Waals surface area contributed by atoms with Crippen molar-refractivity contribution < 1.29 is 9.26 Å². The Hall–Kier alpha value is -2.66. The fourth-order valence-electron chi connectivity index (χ4n) is 3.22. The summed E-state index contributed by atoms with van der Waals surface area (Å²) in [6.07, 6.45) is 3.57. The molecule has 0 saturated heterocycles. The van der Waals surface area contributed by atoms with Crippen LogP contribution >= 0.6 is 0 Å². The molecular formula is C22H25N3O2. The number of hydrogen-bond donors (Lipinski definition) is 0. The summed E-state index contributed by atoms with van der Waals surface area (Å²) in [5, 5.41) is 4.20. The van der Waals surface area contributed by atoms with Crippen LogP contribution in [0.15, 0.2) is 53.1 Å². The van der Waals surface area contributed by atoms with E-state index < -0.39 is 0 Å². The second-order valence-electron chi connectivity index (χ2n) is 7.05. The first-order chi connectivity index (χ1) is 13.2. The zero-order valence-corrected chi connectivity index (χ0v) is 15.9. The summed E-state index contributed by atoms with van der Waals surface area (Å²) in [7, 11) is 1.65. The van der Waals surface area contributed by atoms with E-state index in [9.17, 15) is 0 Å². The zero-order valence-electron chi connectivity index (χ0n) is 15.9. The number of benzene rings is 2. The van der Waals surface area contributed by atoms with Gasteiger partial charge in [0.15, 0.2) is 5.82 Å². The van der Waals surface area contributed by atoms with Crippen LogP contribution in [0.4, 0.5) is 0 Å². The maximum Gasteiger partial charge on any atom is 0.257 e. The van der Waals surface area contributed by atoms with Crippen molar-refractivity contribution in [3.8, 4) is 17.2 Å². The van der Waals surface area contributed by atoms with E-state index in [0.29, 0.717) is 18.5 Å². The Morgan fingerprint density at radius 2 is 1.70 bits per heavy atom. The molecule has 5 heteroatoms. The van der Waals surface area contributed by atoms with Crippen LogP contribution < -0.4 is 4.74 Å². The minimum atomic E-state index is 0.552. The molecule has 5 nitrogen and oxygen atoms in total. The molecule has 1 aromatic heterocycles. The molecule has 0 bridgehead atoms. The molecule has 0 aliphatic heterocycles. The third-order valence-corrected chi connectivity index (χ3v) is 5.03. The van der Waals surface area contributed by atoms with Gasteiger partial charge in [-0.3, -0.25) is 4.90 Å². The van der Waals surface area contributed by atoms with E-state index in [1.165, 1.54) is 24.0 Å². The van der Waals surface area contributed by atoms with Crippen LogP contribution in [0.5, 0.6) is 5.75 Å². The molecule has 0 N–H and O–H groups in total. The van der Waals surface area contributed by atoms with Crippen LogP contribution in [-0.4, -0.2) is 28.2 Å².